The molecule has 0 radical (unpaired) electrons. The van der Waals surface area contributed by atoms with Gasteiger partial charge in [-0.3, -0.25) is 4.90 Å². The molecule has 0 bridgehead atoms. The van der Waals surface area contributed by atoms with Gasteiger partial charge in [0.1, 0.15) is 5.37 Å². The third-order valence-corrected chi connectivity index (χ3v) is 5.51. The summed E-state index contributed by atoms with van der Waals surface area (Å²) in [4.78, 5) is 1.96. The highest BCUT2D eigenvalue weighted by Crippen LogP contribution is 2.24. The predicted molar refractivity (Wildman–Crippen MR) is 84.5 cm³/mol. The van der Waals surface area contributed by atoms with Gasteiger partial charge in [0, 0.05) is 19.1 Å². The summed E-state index contributed by atoms with van der Waals surface area (Å²) in [6.45, 7) is 4.85. The average molecular weight is 317 g/mol. The highest BCUT2D eigenvalue weighted by Gasteiger charge is 2.40. The summed E-state index contributed by atoms with van der Waals surface area (Å²) in [5.74, 6) is -0.0172. The lowest BCUT2D eigenvalue weighted by molar-refractivity contribution is 0.292. The standard InChI is InChI=1S/C14H20N2O2S.ClH/c1-2-10-19(17,18)14-13(15)8-9-16(14)11-12-6-4-3-5-7-12;/h2-7,13-14H,1,8-11,15H2;1H/t13?,14-;/m0./s1. The molecule has 0 aliphatic carbocycles. The van der Waals surface area contributed by atoms with E-state index < -0.39 is 15.2 Å². The topological polar surface area (TPSA) is 63.4 Å². The maximum Gasteiger partial charge on any atom is 0.171 e. The normalized spacial score (nSPS) is 23.2. The number of hydrogen-bond acceptors (Lipinski definition) is 4. The zero-order chi connectivity index (χ0) is 13.9. The largest absolute Gasteiger partial charge is 0.325 e. The van der Waals surface area contributed by atoms with Gasteiger partial charge in [-0.15, -0.1) is 19.0 Å². The van der Waals surface area contributed by atoms with E-state index in [1.54, 1.807) is 0 Å². The Bertz CT molecular complexity index is 533. The van der Waals surface area contributed by atoms with E-state index in [4.69, 9.17) is 5.73 Å². The van der Waals surface area contributed by atoms with Crippen LogP contribution in [0, 0.1) is 0 Å². The number of halogens is 1. The van der Waals surface area contributed by atoms with E-state index in [-0.39, 0.29) is 24.2 Å². The lowest BCUT2D eigenvalue weighted by Gasteiger charge is -2.26. The molecule has 1 aliphatic heterocycles. The molecule has 4 nitrogen and oxygen atoms in total. The quantitative estimate of drug-likeness (QED) is 0.838. The Hall–Kier alpha value is -0.880. The van der Waals surface area contributed by atoms with Crippen LogP contribution in [0.3, 0.4) is 0 Å². The van der Waals surface area contributed by atoms with Crippen LogP contribution < -0.4 is 5.73 Å². The first-order valence-electron chi connectivity index (χ1n) is 6.40. The molecule has 0 aromatic heterocycles. The van der Waals surface area contributed by atoms with Crippen LogP contribution in [0.25, 0.3) is 0 Å². The fourth-order valence-electron chi connectivity index (χ4n) is 2.60. The number of hydrogen-bond donors (Lipinski definition) is 1. The molecule has 2 atom stereocenters. The van der Waals surface area contributed by atoms with Crippen molar-refractivity contribution in [2.24, 2.45) is 5.73 Å². The van der Waals surface area contributed by atoms with E-state index in [0.717, 1.165) is 12.1 Å². The average Bonchev–Trinajstić information content (AvgIpc) is 2.72. The van der Waals surface area contributed by atoms with Crippen LogP contribution in [-0.2, 0) is 16.4 Å². The molecule has 0 spiro atoms. The zero-order valence-electron chi connectivity index (χ0n) is 11.3. The van der Waals surface area contributed by atoms with E-state index in [9.17, 15) is 8.42 Å². The van der Waals surface area contributed by atoms with Crippen LogP contribution in [0.4, 0.5) is 0 Å². The van der Waals surface area contributed by atoms with E-state index in [2.05, 4.69) is 6.58 Å². The monoisotopic (exact) mass is 316 g/mol. The minimum Gasteiger partial charge on any atom is -0.325 e. The molecule has 6 heteroatoms. The van der Waals surface area contributed by atoms with Crippen molar-refractivity contribution in [2.45, 2.75) is 24.4 Å². The molecule has 112 valence electrons. The summed E-state index contributed by atoms with van der Waals surface area (Å²) >= 11 is 0. The molecular weight excluding hydrogens is 296 g/mol. The van der Waals surface area contributed by atoms with Crippen molar-refractivity contribution in [3.63, 3.8) is 0 Å². The third-order valence-electron chi connectivity index (χ3n) is 3.42. The predicted octanol–water partition coefficient (Wildman–Crippen LogP) is 1.57. The van der Waals surface area contributed by atoms with Gasteiger partial charge in [-0.05, 0) is 12.0 Å². The van der Waals surface area contributed by atoms with Crippen LogP contribution in [-0.4, -0.2) is 37.0 Å². The maximum atomic E-state index is 12.3. The highest BCUT2D eigenvalue weighted by atomic mass is 35.5. The van der Waals surface area contributed by atoms with Crippen molar-refractivity contribution in [3.8, 4) is 0 Å². The molecule has 2 N–H and O–H groups in total. The van der Waals surface area contributed by atoms with Crippen LogP contribution in [0.5, 0.6) is 0 Å². The molecule has 1 unspecified atom stereocenters. The van der Waals surface area contributed by atoms with Crippen LogP contribution >= 0.6 is 12.4 Å². The van der Waals surface area contributed by atoms with Gasteiger partial charge in [0.2, 0.25) is 0 Å². The van der Waals surface area contributed by atoms with Crippen molar-refractivity contribution in [1.29, 1.82) is 0 Å². The number of benzene rings is 1. The molecular formula is C14H21ClN2O2S. The van der Waals surface area contributed by atoms with Crippen molar-refractivity contribution in [1.82, 2.24) is 4.90 Å². The highest BCUT2D eigenvalue weighted by molar-refractivity contribution is 7.92. The summed E-state index contributed by atoms with van der Waals surface area (Å²) < 4.78 is 24.5. The molecule has 1 heterocycles. The van der Waals surface area contributed by atoms with Crippen molar-refractivity contribution in [3.05, 3.63) is 48.6 Å². The Labute approximate surface area is 127 Å². The van der Waals surface area contributed by atoms with Gasteiger partial charge in [-0.25, -0.2) is 8.42 Å². The maximum absolute atomic E-state index is 12.3. The summed E-state index contributed by atoms with van der Waals surface area (Å²) in [5, 5.41) is -0.592. The molecule has 0 saturated carbocycles. The second kappa shape index (κ2) is 7.22. The van der Waals surface area contributed by atoms with Gasteiger partial charge in [0.05, 0.1) is 5.75 Å². The number of likely N-dealkylation sites (tertiary alicyclic amines) is 1. The number of nitrogens with zero attached hydrogens (tertiary/aromatic N) is 1. The Morgan fingerprint density at radius 1 is 1.35 bits per heavy atom. The zero-order valence-corrected chi connectivity index (χ0v) is 12.9. The second-order valence-corrected chi connectivity index (χ2v) is 7.06. The first kappa shape index (κ1) is 17.2. The molecule has 1 saturated heterocycles. The Kier molecular flexibility index (Phi) is 6.20. The molecule has 20 heavy (non-hydrogen) atoms. The van der Waals surface area contributed by atoms with Gasteiger partial charge in [0.15, 0.2) is 9.84 Å². The second-order valence-electron chi connectivity index (χ2n) is 4.92. The molecule has 1 fully saturated rings. The molecule has 2 rings (SSSR count). The first-order valence-corrected chi connectivity index (χ1v) is 8.12. The van der Waals surface area contributed by atoms with E-state index in [1.165, 1.54) is 6.08 Å². The molecule has 1 aromatic rings. The molecule has 1 aromatic carbocycles. The third kappa shape index (κ3) is 3.82. The summed E-state index contributed by atoms with van der Waals surface area (Å²) in [6, 6.07) is 9.55. The molecule has 0 amide bonds. The van der Waals surface area contributed by atoms with Gasteiger partial charge >= 0.3 is 0 Å². The minimum atomic E-state index is -3.25. The summed E-state index contributed by atoms with van der Waals surface area (Å²) in [6.07, 6.45) is 2.15. The molecule has 1 aliphatic rings. The van der Waals surface area contributed by atoms with Crippen LogP contribution in [0.15, 0.2) is 43.0 Å². The lowest BCUT2D eigenvalue weighted by Crippen LogP contribution is -2.45. The fraction of sp³-hybridized carbons (Fsp3) is 0.429. The van der Waals surface area contributed by atoms with Crippen molar-refractivity contribution < 1.29 is 8.42 Å². The lowest BCUT2D eigenvalue weighted by atomic mass is 10.2. The van der Waals surface area contributed by atoms with E-state index >= 15 is 0 Å². The van der Waals surface area contributed by atoms with E-state index in [0.29, 0.717) is 13.0 Å². The Balaban J connectivity index is 0.00000200. The van der Waals surface area contributed by atoms with E-state index in [1.807, 2.05) is 35.2 Å². The number of sulfone groups is 1. The van der Waals surface area contributed by atoms with Crippen LogP contribution in [0.1, 0.15) is 12.0 Å². The smallest absolute Gasteiger partial charge is 0.171 e. The summed E-state index contributed by atoms with van der Waals surface area (Å²) in [5.41, 5.74) is 7.09. The van der Waals surface area contributed by atoms with Gasteiger partial charge < -0.3 is 5.73 Å². The SMILES string of the molecule is C=CCS(=O)(=O)[C@H]1C(N)CCN1Cc1ccccc1.Cl. The Morgan fingerprint density at radius 2 is 2.00 bits per heavy atom. The Morgan fingerprint density at radius 3 is 2.60 bits per heavy atom. The fourth-order valence-corrected chi connectivity index (χ4v) is 4.43. The van der Waals surface area contributed by atoms with Crippen LogP contribution in [0.2, 0.25) is 0 Å². The minimum absolute atomic E-state index is 0. The van der Waals surface area contributed by atoms with Crippen molar-refractivity contribution >= 4 is 22.2 Å². The van der Waals surface area contributed by atoms with Gasteiger partial charge in [-0.2, -0.15) is 0 Å². The first-order chi connectivity index (χ1) is 9.04. The van der Waals surface area contributed by atoms with Gasteiger partial charge in [-0.1, -0.05) is 36.4 Å². The summed E-state index contributed by atoms with van der Waals surface area (Å²) in [7, 11) is -3.25. The van der Waals surface area contributed by atoms with Crippen molar-refractivity contribution in [2.75, 3.05) is 12.3 Å². The van der Waals surface area contributed by atoms with Gasteiger partial charge in [0.25, 0.3) is 0 Å². The number of nitrogens with two attached hydrogens (primary N) is 1. The number of rotatable bonds is 5.